The van der Waals surface area contributed by atoms with Crippen LogP contribution in [0.15, 0.2) is 53.4 Å². The molecule has 0 spiro atoms. The van der Waals surface area contributed by atoms with Crippen molar-refractivity contribution in [2.75, 3.05) is 6.61 Å². The Hall–Kier alpha value is -2.75. The van der Waals surface area contributed by atoms with Gasteiger partial charge in [-0.3, -0.25) is 4.79 Å². The number of amides is 1. The molecular formula is C24H24N2O5S2. The maximum Gasteiger partial charge on any atom is 0.265 e. The number of ether oxygens (including phenoxy) is 1. The van der Waals surface area contributed by atoms with Crippen molar-refractivity contribution in [2.24, 2.45) is 5.92 Å². The maximum absolute atomic E-state index is 12.9. The van der Waals surface area contributed by atoms with Crippen LogP contribution in [0.3, 0.4) is 0 Å². The molecule has 2 heterocycles. The first-order chi connectivity index (χ1) is 15.8. The highest BCUT2D eigenvalue weighted by Crippen LogP contribution is 2.43. The molecule has 2 N–H and O–H groups in total. The Morgan fingerprint density at radius 3 is 2.79 bits per heavy atom. The van der Waals surface area contributed by atoms with Crippen LogP contribution in [-0.2, 0) is 16.4 Å². The molecule has 0 bridgehead atoms. The normalized spacial score (nSPS) is 21.0. The van der Waals surface area contributed by atoms with E-state index in [4.69, 9.17) is 4.74 Å². The third-order valence-corrected chi connectivity index (χ3v) is 9.29. The van der Waals surface area contributed by atoms with E-state index in [1.165, 1.54) is 11.3 Å². The van der Waals surface area contributed by atoms with Gasteiger partial charge in [0.25, 0.3) is 5.91 Å². The highest BCUT2D eigenvalue weighted by atomic mass is 32.2. The van der Waals surface area contributed by atoms with E-state index in [1.54, 1.807) is 48.8 Å². The molecule has 33 heavy (non-hydrogen) atoms. The lowest BCUT2D eigenvalue weighted by atomic mass is 9.88. The predicted molar refractivity (Wildman–Crippen MR) is 126 cm³/mol. The number of hydrogen-bond acceptors (Lipinski definition) is 7. The Kier molecular flexibility index (Phi) is 5.50. The first kappa shape index (κ1) is 22.1. The SMILES string of the molecule is CC1(S(=O)(=O)NC(=O)c2ccccc2-c2ccc3c(c2)OCC(Cc2cscn2)C3O)CC1. The molecule has 0 radical (unpaired) electrons. The van der Waals surface area contributed by atoms with E-state index in [0.29, 0.717) is 48.3 Å². The number of nitrogens with zero attached hydrogens (tertiary/aromatic N) is 1. The van der Waals surface area contributed by atoms with E-state index in [-0.39, 0.29) is 11.5 Å². The van der Waals surface area contributed by atoms with Gasteiger partial charge in [-0.05, 0) is 49.4 Å². The van der Waals surface area contributed by atoms with Crippen LogP contribution in [0, 0.1) is 5.92 Å². The molecule has 1 aliphatic carbocycles. The lowest BCUT2D eigenvalue weighted by Gasteiger charge is -2.30. The molecule has 3 aromatic rings. The number of fused-ring (bicyclic) bond motifs is 1. The zero-order valence-corrected chi connectivity index (χ0v) is 19.7. The summed E-state index contributed by atoms with van der Waals surface area (Å²) in [6, 6.07) is 12.3. The topological polar surface area (TPSA) is 106 Å². The molecular weight excluding hydrogens is 460 g/mol. The summed E-state index contributed by atoms with van der Waals surface area (Å²) in [6.07, 6.45) is 1.03. The number of carbonyl (C=O) groups is 1. The zero-order chi connectivity index (χ0) is 23.2. The lowest BCUT2D eigenvalue weighted by molar-refractivity contribution is 0.0504. The first-order valence-corrected chi connectivity index (χ1v) is 13.2. The molecule has 2 unspecified atom stereocenters. The molecule has 7 nitrogen and oxygen atoms in total. The van der Waals surface area contributed by atoms with Crippen molar-refractivity contribution in [3.8, 4) is 16.9 Å². The number of rotatable bonds is 6. The summed E-state index contributed by atoms with van der Waals surface area (Å²) in [5.74, 6) is -0.193. The minimum absolute atomic E-state index is 0.0995. The molecule has 1 saturated carbocycles. The fraction of sp³-hybridized carbons (Fsp3) is 0.333. The quantitative estimate of drug-likeness (QED) is 0.553. The lowest BCUT2D eigenvalue weighted by Crippen LogP contribution is -2.38. The number of aliphatic hydroxyl groups is 1. The third kappa shape index (κ3) is 4.16. The van der Waals surface area contributed by atoms with Gasteiger partial charge in [0.15, 0.2) is 0 Å². The Bertz CT molecular complexity index is 1300. The molecule has 1 fully saturated rings. The number of hydrogen-bond donors (Lipinski definition) is 2. The summed E-state index contributed by atoms with van der Waals surface area (Å²) in [5.41, 5.74) is 4.97. The molecule has 5 rings (SSSR count). The summed E-state index contributed by atoms with van der Waals surface area (Å²) in [7, 11) is -3.74. The Balaban J connectivity index is 1.41. The van der Waals surface area contributed by atoms with Crippen LogP contribution in [0.1, 0.15) is 47.5 Å². The minimum atomic E-state index is -3.74. The molecule has 9 heteroatoms. The van der Waals surface area contributed by atoms with Crippen molar-refractivity contribution in [3.05, 3.63) is 70.2 Å². The van der Waals surface area contributed by atoms with Gasteiger partial charge in [0.2, 0.25) is 10.0 Å². The van der Waals surface area contributed by atoms with Gasteiger partial charge in [-0.25, -0.2) is 18.1 Å². The van der Waals surface area contributed by atoms with Crippen molar-refractivity contribution in [2.45, 2.75) is 37.0 Å². The average Bonchev–Trinajstić information content (AvgIpc) is 3.36. The van der Waals surface area contributed by atoms with Crippen LogP contribution < -0.4 is 9.46 Å². The molecule has 172 valence electrons. The van der Waals surface area contributed by atoms with Crippen molar-refractivity contribution >= 4 is 27.3 Å². The van der Waals surface area contributed by atoms with Crippen molar-refractivity contribution in [3.63, 3.8) is 0 Å². The second kappa shape index (κ2) is 8.23. The van der Waals surface area contributed by atoms with E-state index in [2.05, 4.69) is 9.71 Å². The Morgan fingerprint density at radius 1 is 1.27 bits per heavy atom. The van der Waals surface area contributed by atoms with Gasteiger partial charge in [0, 0.05) is 22.4 Å². The average molecular weight is 485 g/mol. The largest absolute Gasteiger partial charge is 0.493 e. The summed E-state index contributed by atoms with van der Waals surface area (Å²) in [4.78, 5) is 17.2. The van der Waals surface area contributed by atoms with Gasteiger partial charge in [0.05, 0.1) is 28.7 Å². The second-order valence-corrected chi connectivity index (χ2v) is 11.8. The van der Waals surface area contributed by atoms with E-state index >= 15 is 0 Å². The van der Waals surface area contributed by atoms with Crippen LogP contribution in [0.5, 0.6) is 5.75 Å². The number of aromatic nitrogens is 1. The van der Waals surface area contributed by atoms with E-state index in [1.807, 2.05) is 11.4 Å². The number of aliphatic hydroxyl groups excluding tert-OH is 1. The van der Waals surface area contributed by atoms with Crippen molar-refractivity contribution < 1.29 is 23.1 Å². The standard InChI is InChI=1S/C24H24N2O5S2/c1-24(8-9-24)33(29,30)26-23(28)19-5-3-2-4-18(19)15-6-7-20-21(11-15)31-12-16(22(20)27)10-17-13-32-14-25-17/h2-7,11,13-14,16,22,27H,8-10,12H2,1H3,(H,26,28). The maximum atomic E-state index is 12.9. The smallest absolute Gasteiger partial charge is 0.265 e. The zero-order valence-electron chi connectivity index (χ0n) is 18.0. The van der Waals surface area contributed by atoms with E-state index < -0.39 is 26.8 Å². The summed E-state index contributed by atoms with van der Waals surface area (Å²) < 4.78 is 32.4. The van der Waals surface area contributed by atoms with Gasteiger partial charge < -0.3 is 9.84 Å². The summed E-state index contributed by atoms with van der Waals surface area (Å²) in [5, 5.41) is 12.9. The number of sulfonamides is 1. The Labute approximate surface area is 196 Å². The summed E-state index contributed by atoms with van der Waals surface area (Å²) in [6.45, 7) is 2.00. The number of thiazole rings is 1. The monoisotopic (exact) mass is 484 g/mol. The number of nitrogens with one attached hydrogen (secondary N) is 1. The first-order valence-electron chi connectivity index (χ1n) is 10.8. The highest BCUT2D eigenvalue weighted by molar-refractivity contribution is 7.91. The van der Waals surface area contributed by atoms with Gasteiger partial charge in [-0.1, -0.05) is 30.3 Å². The van der Waals surface area contributed by atoms with Crippen LogP contribution in [0.2, 0.25) is 0 Å². The van der Waals surface area contributed by atoms with Crippen LogP contribution in [0.4, 0.5) is 0 Å². The van der Waals surface area contributed by atoms with Crippen LogP contribution in [0.25, 0.3) is 11.1 Å². The predicted octanol–water partition coefficient (Wildman–Crippen LogP) is 3.71. The number of benzene rings is 2. The molecule has 2 aromatic carbocycles. The fourth-order valence-electron chi connectivity index (χ4n) is 4.07. The molecule has 1 aromatic heterocycles. The molecule has 1 aliphatic heterocycles. The summed E-state index contributed by atoms with van der Waals surface area (Å²) >= 11 is 1.52. The fourth-order valence-corrected chi connectivity index (χ4v) is 5.88. The van der Waals surface area contributed by atoms with E-state index in [0.717, 1.165) is 5.69 Å². The van der Waals surface area contributed by atoms with Gasteiger partial charge in [-0.2, -0.15) is 0 Å². The highest BCUT2D eigenvalue weighted by Gasteiger charge is 2.51. The molecule has 2 aliphatic rings. The van der Waals surface area contributed by atoms with Crippen LogP contribution >= 0.6 is 11.3 Å². The second-order valence-electron chi connectivity index (χ2n) is 8.88. The number of carbonyl (C=O) groups excluding carboxylic acids is 1. The van der Waals surface area contributed by atoms with Crippen molar-refractivity contribution in [1.82, 2.24) is 9.71 Å². The molecule has 2 atom stereocenters. The third-order valence-electron chi connectivity index (χ3n) is 6.50. The van der Waals surface area contributed by atoms with Crippen LogP contribution in [-0.4, -0.2) is 35.8 Å². The van der Waals surface area contributed by atoms with Gasteiger partial charge in [0.1, 0.15) is 5.75 Å². The molecule has 1 amide bonds. The van der Waals surface area contributed by atoms with Gasteiger partial charge in [-0.15, -0.1) is 11.3 Å². The van der Waals surface area contributed by atoms with E-state index in [9.17, 15) is 18.3 Å². The molecule has 0 saturated heterocycles. The minimum Gasteiger partial charge on any atom is -0.493 e. The Morgan fingerprint density at radius 2 is 2.06 bits per heavy atom. The van der Waals surface area contributed by atoms with Gasteiger partial charge >= 0.3 is 0 Å². The van der Waals surface area contributed by atoms with Crippen molar-refractivity contribution in [1.29, 1.82) is 0 Å².